The van der Waals surface area contributed by atoms with Gasteiger partial charge in [-0.15, -0.1) is 11.3 Å². The molecule has 0 aliphatic carbocycles. The van der Waals surface area contributed by atoms with Gasteiger partial charge in [-0.25, -0.2) is 9.37 Å². The van der Waals surface area contributed by atoms with Crippen molar-refractivity contribution in [2.45, 2.75) is 39.2 Å². The van der Waals surface area contributed by atoms with Gasteiger partial charge in [0, 0.05) is 25.0 Å². The monoisotopic (exact) mass is 465 g/mol. The number of nitrogens with one attached hydrogen (secondary N) is 1. The average Bonchev–Trinajstić information content (AvgIpc) is 3.22. The Hall–Kier alpha value is -2.78. The minimum absolute atomic E-state index is 0.234. The Bertz CT molecular complexity index is 1030. The van der Waals surface area contributed by atoms with Crippen LogP contribution in [0.5, 0.6) is 0 Å². The first-order valence-corrected chi connectivity index (χ1v) is 11.0. The van der Waals surface area contributed by atoms with Gasteiger partial charge in [-0.05, 0) is 35.7 Å². The number of alkyl halides is 3. The minimum Gasteiger partial charge on any atom is -0.351 e. The molecule has 0 saturated heterocycles. The van der Waals surface area contributed by atoms with E-state index in [4.69, 9.17) is 0 Å². The van der Waals surface area contributed by atoms with Crippen LogP contribution >= 0.6 is 11.3 Å². The van der Waals surface area contributed by atoms with Crippen molar-refractivity contribution in [1.29, 1.82) is 0 Å². The van der Waals surface area contributed by atoms with Crippen molar-refractivity contribution < 1.29 is 22.4 Å². The molecule has 0 aliphatic rings. The molecule has 0 bridgehead atoms. The van der Waals surface area contributed by atoms with Crippen molar-refractivity contribution in [2.75, 3.05) is 6.54 Å². The third-order valence-corrected chi connectivity index (χ3v) is 5.49. The number of hydrogen-bond acceptors (Lipinski definition) is 4. The third-order valence-electron chi connectivity index (χ3n) is 4.66. The molecule has 170 valence electrons. The van der Waals surface area contributed by atoms with Crippen molar-refractivity contribution in [3.05, 3.63) is 87.1 Å². The van der Waals surface area contributed by atoms with Crippen LogP contribution in [0, 0.1) is 5.82 Å². The lowest BCUT2D eigenvalue weighted by molar-refractivity contribution is -0.137. The normalized spacial score (nSPS) is 11.7. The van der Waals surface area contributed by atoms with E-state index < -0.39 is 11.7 Å². The molecule has 0 saturated carbocycles. The lowest BCUT2D eigenvalue weighted by Gasteiger charge is -2.22. The molecule has 1 amide bonds. The van der Waals surface area contributed by atoms with Gasteiger partial charge in [0.05, 0.1) is 12.1 Å². The maximum Gasteiger partial charge on any atom is 0.416 e. The highest BCUT2D eigenvalue weighted by Crippen LogP contribution is 2.30. The fourth-order valence-electron chi connectivity index (χ4n) is 3.13. The summed E-state index contributed by atoms with van der Waals surface area (Å²) in [6.07, 6.45) is -3.61. The predicted molar refractivity (Wildman–Crippen MR) is 116 cm³/mol. The van der Waals surface area contributed by atoms with Gasteiger partial charge in [0.25, 0.3) is 5.91 Å². The van der Waals surface area contributed by atoms with E-state index in [2.05, 4.69) is 10.3 Å². The number of thiazole rings is 1. The number of nitrogens with zero attached hydrogens (tertiary/aromatic N) is 2. The van der Waals surface area contributed by atoms with Crippen LogP contribution in [0.1, 0.15) is 45.5 Å². The highest BCUT2D eigenvalue weighted by molar-refractivity contribution is 7.09. The Balaban J connectivity index is 1.79. The van der Waals surface area contributed by atoms with Crippen molar-refractivity contribution in [1.82, 2.24) is 15.2 Å². The summed E-state index contributed by atoms with van der Waals surface area (Å²) in [6.45, 7) is 3.46. The van der Waals surface area contributed by atoms with Crippen molar-refractivity contribution in [2.24, 2.45) is 0 Å². The quantitative estimate of drug-likeness (QED) is 0.416. The Morgan fingerprint density at radius 3 is 2.47 bits per heavy atom. The smallest absolute Gasteiger partial charge is 0.351 e. The van der Waals surface area contributed by atoms with E-state index in [1.807, 2.05) is 11.8 Å². The zero-order valence-electron chi connectivity index (χ0n) is 17.5. The maximum atomic E-state index is 13.3. The molecule has 1 aromatic heterocycles. The summed E-state index contributed by atoms with van der Waals surface area (Å²) in [7, 11) is 0. The summed E-state index contributed by atoms with van der Waals surface area (Å²) in [5, 5.41) is 5.10. The molecule has 9 heteroatoms. The van der Waals surface area contributed by atoms with E-state index in [0.29, 0.717) is 35.9 Å². The van der Waals surface area contributed by atoms with Gasteiger partial charge in [-0.1, -0.05) is 37.3 Å². The van der Waals surface area contributed by atoms with E-state index in [9.17, 15) is 22.4 Å². The van der Waals surface area contributed by atoms with Crippen molar-refractivity contribution in [3.63, 3.8) is 0 Å². The Kier molecular flexibility index (Phi) is 7.98. The summed E-state index contributed by atoms with van der Waals surface area (Å²) >= 11 is 1.32. The first-order chi connectivity index (χ1) is 15.2. The van der Waals surface area contributed by atoms with E-state index in [-0.39, 0.29) is 18.3 Å². The lowest BCUT2D eigenvalue weighted by Crippen LogP contribution is -2.25. The molecule has 0 fully saturated rings. The first kappa shape index (κ1) is 23.9. The molecule has 1 N–H and O–H groups in total. The van der Waals surface area contributed by atoms with Gasteiger partial charge >= 0.3 is 6.18 Å². The van der Waals surface area contributed by atoms with Crippen molar-refractivity contribution >= 4 is 17.2 Å². The zero-order chi connectivity index (χ0) is 23.1. The fraction of sp³-hybridized carbons (Fsp3) is 0.304. The molecular weight excluding hydrogens is 442 g/mol. The fourth-order valence-corrected chi connectivity index (χ4v) is 3.94. The largest absolute Gasteiger partial charge is 0.416 e. The second kappa shape index (κ2) is 10.7. The molecule has 4 nitrogen and oxygen atoms in total. The van der Waals surface area contributed by atoms with Crippen LogP contribution in [-0.2, 0) is 25.8 Å². The number of rotatable bonds is 9. The number of aromatic nitrogens is 1. The van der Waals surface area contributed by atoms with Gasteiger partial charge in [0.15, 0.2) is 0 Å². The Labute approximate surface area is 187 Å². The van der Waals surface area contributed by atoms with Crippen LogP contribution in [0.2, 0.25) is 0 Å². The van der Waals surface area contributed by atoms with Gasteiger partial charge in [0.1, 0.15) is 16.5 Å². The molecule has 0 atom stereocenters. The second-order valence-corrected chi connectivity index (χ2v) is 8.29. The van der Waals surface area contributed by atoms with E-state index >= 15 is 0 Å². The van der Waals surface area contributed by atoms with Crippen LogP contribution in [-0.4, -0.2) is 22.3 Å². The van der Waals surface area contributed by atoms with Crippen LogP contribution in [0.4, 0.5) is 17.6 Å². The molecule has 3 aromatic rings. The zero-order valence-corrected chi connectivity index (χ0v) is 18.3. The number of carbonyl (C=O) groups excluding carboxylic acids is 1. The van der Waals surface area contributed by atoms with Crippen molar-refractivity contribution in [3.8, 4) is 0 Å². The summed E-state index contributed by atoms with van der Waals surface area (Å²) in [4.78, 5) is 18.4. The Morgan fingerprint density at radius 2 is 1.78 bits per heavy atom. The second-order valence-electron chi connectivity index (χ2n) is 7.35. The molecule has 32 heavy (non-hydrogen) atoms. The topological polar surface area (TPSA) is 45.2 Å². The van der Waals surface area contributed by atoms with Crippen LogP contribution in [0.25, 0.3) is 0 Å². The van der Waals surface area contributed by atoms with E-state index in [1.165, 1.54) is 29.5 Å². The van der Waals surface area contributed by atoms with Crippen LogP contribution in [0.3, 0.4) is 0 Å². The predicted octanol–water partition coefficient (Wildman–Crippen LogP) is 5.64. The maximum absolute atomic E-state index is 13.3. The Morgan fingerprint density at radius 1 is 1.06 bits per heavy atom. The summed E-state index contributed by atoms with van der Waals surface area (Å²) in [5.41, 5.74) is 0.926. The van der Waals surface area contributed by atoms with Gasteiger partial charge < -0.3 is 5.32 Å². The summed E-state index contributed by atoms with van der Waals surface area (Å²) < 4.78 is 52.6. The number of amides is 1. The van der Waals surface area contributed by atoms with Crippen LogP contribution < -0.4 is 5.32 Å². The average molecular weight is 466 g/mol. The first-order valence-electron chi connectivity index (χ1n) is 10.1. The number of benzene rings is 2. The lowest BCUT2D eigenvalue weighted by atomic mass is 10.1. The SMILES string of the molecule is CCCNC(=O)c1csc(CN(Cc2ccc(F)cc2)Cc2cccc(C(F)(F)F)c2)n1. The van der Waals surface area contributed by atoms with E-state index in [1.54, 1.807) is 23.6 Å². The molecule has 1 heterocycles. The number of halogens is 4. The van der Waals surface area contributed by atoms with E-state index in [0.717, 1.165) is 24.1 Å². The molecule has 0 radical (unpaired) electrons. The molecule has 3 rings (SSSR count). The number of hydrogen-bond donors (Lipinski definition) is 1. The number of carbonyl (C=O) groups is 1. The van der Waals surface area contributed by atoms with Gasteiger partial charge in [-0.3, -0.25) is 9.69 Å². The minimum atomic E-state index is -4.42. The molecular formula is C23H23F4N3OS. The standard InChI is InChI=1S/C23H23F4N3OS/c1-2-10-28-22(31)20-15-32-21(29-20)14-30(12-16-6-8-19(24)9-7-16)13-17-4-3-5-18(11-17)23(25,26)27/h3-9,11,15H,2,10,12-14H2,1H3,(H,28,31). The third kappa shape index (κ3) is 6.86. The summed E-state index contributed by atoms with van der Waals surface area (Å²) in [5.74, 6) is -0.613. The van der Waals surface area contributed by atoms with Crippen LogP contribution in [0.15, 0.2) is 53.9 Å². The molecule has 2 aromatic carbocycles. The highest BCUT2D eigenvalue weighted by atomic mass is 32.1. The molecule has 0 unspecified atom stereocenters. The molecule has 0 spiro atoms. The highest BCUT2D eigenvalue weighted by Gasteiger charge is 2.30. The summed E-state index contributed by atoms with van der Waals surface area (Å²) in [6, 6.07) is 11.2. The van der Waals surface area contributed by atoms with Gasteiger partial charge in [0.2, 0.25) is 0 Å². The van der Waals surface area contributed by atoms with Gasteiger partial charge in [-0.2, -0.15) is 13.2 Å². The molecule has 0 aliphatic heterocycles.